The molecule has 1 aliphatic heterocycles. The lowest BCUT2D eigenvalue weighted by Crippen LogP contribution is -2.52. The van der Waals surface area contributed by atoms with E-state index >= 15 is 0 Å². The highest BCUT2D eigenvalue weighted by molar-refractivity contribution is 4.84. The van der Waals surface area contributed by atoms with Crippen LogP contribution in [0.25, 0.3) is 0 Å². The summed E-state index contributed by atoms with van der Waals surface area (Å²) in [5, 5.41) is 3.54. The zero-order chi connectivity index (χ0) is 9.03. The van der Waals surface area contributed by atoms with Gasteiger partial charge in [0.05, 0.1) is 0 Å². The molecule has 3 nitrogen and oxygen atoms in total. The summed E-state index contributed by atoms with van der Waals surface area (Å²) >= 11 is 0. The zero-order valence-corrected chi connectivity index (χ0v) is 8.10. The summed E-state index contributed by atoms with van der Waals surface area (Å²) in [5.74, 6) is 0. The summed E-state index contributed by atoms with van der Waals surface area (Å²) in [6, 6.07) is 0.595. The van der Waals surface area contributed by atoms with Crippen LogP contribution in [0.1, 0.15) is 26.7 Å². The molecule has 1 fully saturated rings. The van der Waals surface area contributed by atoms with Gasteiger partial charge < -0.3 is 15.8 Å². The second-order valence-electron chi connectivity index (χ2n) is 4.12. The highest BCUT2D eigenvalue weighted by atomic mass is 16.5. The molecule has 1 heterocycles. The molecule has 0 aromatic rings. The Hall–Kier alpha value is -0.120. The van der Waals surface area contributed by atoms with E-state index in [0.29, 0.717) is 12.6 Å². The van der Waals surface area contributed by atoms with Crippen LogP contribution < -0.4 is 11.1 Å². The van der Waals surface area contributed by atoms with Gasteiger partial charge in [-0.3, -0.25) is 0 Å². The summed E-state index contributed by atoms with van der Waals surface area (Å²) in [4.78, 5) is 0. The fraction of sp³-hybridized carbons (Fsp3) is 1.00. The average molecular weight is 172 g/mol. The Morgan fingerprint density at radius 2 is 2.00 bits per heavy atom. The quantitative estimate of drug-likeness (QED) is 0.651. The van der Waals surface area contributed by atoms with Crippen LogP contribution in [0.4, 0.5) is 0 Å². The fourth-order valence-electron chi connectivity index (χ4n) is 1.45. The Bertz CT molecular complexity index is 130. The van der Waals surface area contributed by atoms with Gasteiger partial charge in [0.15, 0.2) is 0 Å². The molecule has 72 valence electrons. The van der Waals surface area contributed by atoms with E-state index in [1.165, 1.54) is 0 Å². The first-order valence-electron chi connectivity index (χ1n) is 4.69. The molecule has 0 aliphatic carbocycles. The second-order valence-corrected chi connectivity index (χ2v) is 4.12. The van der Waals surface area contributed by atoms with E-state index in [0.717, 1.165) is 26.1 Å². The Labute approximate surface area is 74.7 Å². The van der Waals surface area contributed by atoms with Crippen molar-refractivity contribution in [2.45, 2.75) is 38.3 Å². The van der Waals surface area contributed by atoms with Gasteiger partial charge in [-0.2, -0.15) is 0 Å². The normalized spacial score (nSPS) is 21.2. The molecule has 1 aliphatic rings. The van der Waals surface area contributed by atoms with Gasteiger partial charge in [-0.15, -0.1) is 0 Å². The number of hydrogen-bond donors (Lipinski definition) is 2. The Morgan fingerprint density at radius 3 is 2.50 bits per heavy atom. The predicted octanol–water partition coefficient (Wildman–Crippen LogP) is 0.492. The molecule has 0 bridgehead atoms. The Kier molecular flexibility index (Phi) is 3.50. The lowest BCUT2D eigenvalue weighted by atomic mass is 10.0. The van der Waals surface area contributed by atoms with Crippen molar-refractivity contribution in [3.05, 3.63) is 0 Å². The summed E-state index contributed by atoms with van der Waals surface area (Å²) in [7, 11) is 0. The standard InChI is InChI=1S/C9H20N2O/c1-9(2,7-10)11-8-3-5-12-6-4-8/h8,11H,3-7,10H2,1-2H3. The third kappa shape index (κ3) is 3.09. The first-order chi connectivity index (χ1) is 5.64. The van der Waals surface area contributed by atoms with E-state index in [4.69, 9.17) is 10.5 Å². The first kappa shape index (κ1) is 9.96. The lowest BCUT2D eigenvalue weighted by molar-refractivity contribution is 0.0707. The van der Waals surface area contributed by atoms with Crippen LogP contribution in [0.5, 0.6) is 0 Å². The van der Waals surface area contributed by atoms with Gasteiger partial charge in [0.1, 0.15) is 0 Å². The SMILES string of the molecule is CC(C)(CN)NC1CCOCC1. The molecule has 1 rings (SSSR count). The molecule has 3 heteroatoms. The molecule has 0 saturated carbocycles. The van der Waals surface area contributed by atoms with Crippen molar-refractivity contribution in [1.29, 1.82) is 0 Å². The van der Waals surface area contributed by atoms with Crippen LogP contribution in [-0.4, -0.2) is 31.3 Å². The van der Waals surface area contributed by atoms with E-state index in [1.54, 1.807) is 0 Å². The highest BCUT2D eigenvalue weighted by Crippen LogP contribution is 2.10. The van der Waals surface area contributed by atoms with Crippen LogP contribution in [0.3, 0.4) is 0 Å². The molecule has 0 spiro atoms. The third-order valence-corrected chi connectivity index (χ3v) is 2.33. The summed E-state index contributed by atoms with van der Waals surface area (Å²) in [6.45, 7) is 6.74. The molecule has 0 aromatic heterocycles. The number of nitrogens with two attached hydrogens (primary N) is 1. The molecule has 3 N–H and O–H groups in total. The smallest absolute Gasteiger partial charge is 0.0480 e. The molecular weight excluding hydrogens is 152 g/mol. The van der Waals surface area contributed by atoms with E-state index in [2.05, 4.69) is 19.2 Å². The van der Waals surface area contributed by atoms with E-state index in [9.17, 15) is 0 Å². The summed E-state index contributed by atoms with van der Waals surface area (Å²) in [5.41, 5.74) is 5.70. The van der Waals surface area contributed by atoms with Crippen molar-refractivity contribution in [2.75, 3.05) is 19.8 Å². The van der Waals surface area contributed by atoms with Crippen LogP contribution in [-0.2, 0) is 4.74 Å². The largest absolute Gasteiger partial charge is 0.381 e. The Morgan fingerprint density at radius 1 is 1.42 bits per heavy atom. The van der Waals surface area contributed by atoms with Gasteiger partial charge in [0.2, 0.25) is 0 Å². The molecule has 0 aromatic carbocycles. The van der Waals surface area contributed by atoms with Crippen molar-refractivity contribution < 1.29 is 4.74 Å². The third-order valence-electron chi connectivity index (χ3n) is 2.33. The van der Waals surface area contributed by atoms with Gasteiger partial charge >= 0.3 is 0 Å². The number of nitrogens with one attached hydrogen (secondary N) is 1. The maximum atomic E-state index is 5.63. The van der Waals surface area contributed by atoms with Gasteiger partial charge in [-0.1, -0.05) is 0 Å². The molecule has 0 unspecified atom stereocenters. The lowest BCUT2D eigenvalue weighted by Gasteiger charge is -2.32. The maximum Gasteiger partial charge on any atom is 0.0480 e. The maximum absolute atomic E-state index is 5.63. The molecular formula is C9H20N2O. The van der Waals surface area contributed by atoms with Crippen molar-refractivity contribution in [3.63, 3.8) is 0 Å². The van der Waals surface area contributed by atoms with E-state index in [-0.39, 0.29) is 5.54 Å². The Balaban J connectivity index is 2.28. The molecule has 0 radical (unpaired) electrons. The fourth-order valence-corrected chi connectivity index (χ4v) is 1.45. The van der Waals surface area contributed by atoms with Gasteiger partial charge in [0, 0.05) is 31.3 Å². The van der Waals surface area contributed by atoms with Gasteiger partial charge in [-0.05, 0) is 26.7 Å². The second kappa shape index (κ2) is 4.21. The van der Waals surface area contributed by atoms with Gasteiger partial charge in [-0.25, -0.2) is 0 Å². The summed E-state index contributed by atoms with van der Waals surface area (Å²) in [6.07, 6.45) is 2.23. The minimum absolute atomic E-state index is 0.0714. The van der Waals surface area contributed by atoms with Gasteiger partial charge in [0.25, 0.3) is 0 Å². The molecule has 0 atom stereocenters. The van der Waals surface area contributed by atoms with Crippen molar-refractivity contribution >= 4 is 0 Å². The van der Waals surface area contributed by atoms with E-state index in [1.807, 2.05) is 0 Å². The molecule has 1 saturated heterocycles. The van der Waals surface area contributed by atoms with Crippen molar-refractivity contribution in [1.82, 2.24) is 5.32 Å². The van der Waals surface area contributed by atoms with Crippen LogP contribution in [0.15, 0.2) is 0 Å². The number of ether oxygens (including phenoxy) is 1. The zero-order valence-electron chi connectivity index (χ0n) is 8.10. The van der Waals surface area contributed by atoms with Crippen LogP contribution >= 0.6 is 0 Å². The van der Waals surface area contributed by atoms with Crippen LogP contribution in [0.2, 0.25) is 0 Å². The van der Waals surface area contributed by atoms with E-state index < -0.39 is 0 Å². The molecule has 0 amide bonds. The predicted molar refractivity (Wildman–Crippen MR) is 50.1 cm³/mol. The first-order valence-corrected chi connectivity index (χ1v) is 4.69. The monoisotopic (exact) mass is 172 g/mol. The number of hydrogen-bond acceptors (Lipinski definition) is 3. The van der Waals surface area contributed by atoms with Crippen LogP contribution in [0, 0.1) is 0 Å². The van der Waals surface area contributed by atoms with Crippen molar-refractivity contribution in [3.8, 4) is 0 Å². The average Bonchev–Trinajstić information content (AvgIpc) is 2.06. The molecule has 12 heavy (non-hydrogen) atoms. The summed E-state index contributed by atoms with van der Waals surface area (Å²) < 4.78 is 5.28. The number of rotatable bonds is 3. The van der Waals surface area contributed by atoms with Crippen molar-refractivity contribution in [2.24, 2.45) is 5.73 Å². The topological polar surface area (TPSA) is 47.3 Å². The minimum Gasteiger partial charge on any atom is -0.381 e. The minimum atomic E-state index is 0.0714. The highest BCUT2D eigenvalue weighted by Gasteiger charge is 2.21.